The lowest BCUT2D eigenvalue weighted by molar-refractivity contribution is 0.131. The maximum Gasteiger partial charge on any atom is 0.161 e. The Morgan fingerprint density at radius 1 is 0.867 bits per heavy atom. The van der Waals surface area contributed by atoms with Gasteiger partial charge in [-0.05, 0) is 41.5 Å². The molecule has 0 amide bonds. The second-order valence-corrected chi connectivity index (χ2v) is 7.62. The second-order valence-electron chi connectivity index (χ2n) is 7.62. The average Bonchev–Trinajstić information content (AvgIpc) is 2.80. The average molecular weight is 404 g/mol. The molecule has 0 unspecified atom stereocenters. The van der Waals surface area contributed by atoms with E-state index in [1.54, 1.807) is 14.2 Å². The first kappa shape index (κ1) is 20.2. The summed E-state index contributed by atoms with van der Waals surface area (Å²) in [4.78, 5) is 2.51. The molecule has 0 atom stereocenters. The maximum atomic E-state index is 5.42. The minimum Gasteiger partial charge on any atom is -0.493 e. The maximum absolute atomic E-state index is 5.42. The molecule has 1 saturated heterocycles. The molecular weight excluding hydrogens is 374 g/mol. The van der Waals surface area contributed by atoms with E-state index in [-0.39, 0.29) is 0 Å². The number of benzene rings is 3. The molecule has 0 bridgehead atoms. The molecule has 1 fully saturated rings. The fourth-order valence-electron chi connectivity index (χ4n) is 4.00. The molecule has 0 saturated carbocycles. The topological polar surface area (TPSA) is 37.3 Å². The summed E-state index contributed by atoms with van der Waals surface area (Å²) < 4.78 is 10.7. The van der Waals surface area contributed by atoms with E-state index in [0.717, 1.165) is 55.5 Å². The Balaban J connectivity index is 1.39. The SMILES string of the molecule is COc1ccc(C(C)=NN2CCN(Cc3cccc4ccccc34)CC2)cc1OC. The summed E-state index contributed by atoms with van der Waals surface area (Å²) >= 11 is 0. The minimum absolute atomic E-state index is 0.726. The van der Waals surface area contributed by atoms with Gasteiger partial charge < -0.3 is 9.47 Å². The summed E-state index contributed by atoms with van der Waals surface area (Å²) in [6.45, 7) is 6.89. The highest BCUT2D eigenvalue weighted by Crippen LogP contribution is 2.28. The number of nitrogens with zero attached hydrogens (tertiary/aromatic N) is 3. The van der Waals surface area contributed by atoms with Crippen LogP contribution in [-0.2, 0) is 6.54 Å². The molecule has 4 rings (SSSR count). The number of rotatable bonds is 6. The predicted molar refractivity (Wildman–Crippen MR) is 123 cm³/mol. The number of piperazine rings is 1. The van der Waals surface area contributed by atoms with Crippen LogP contribution in [0, 0.1) is 0 Å². The van der Waals surface area contributed by atoms with Crippen molar-refractivity contribution < 1.29 is 9.47 Å². The molecule has 1 aliphatic heterocycles. The van der Waals surface area contributed by atoms with Gasteiger partial charge in [0.25, 0.3) is 0 Å². The molecule has 0 spiro atoms. The van der Waals surface area contributed by atoms with Crippen molar-refractivity contribution in [2.45, 2.75) is 13.5 Å². The summed E-state index contributed by atoms with van der Waals surface area (Å²) in [5, 5.41) is 9.69. The first-order valence-corrected chi connectivity index (χ1v) is 10.4. The summed E-state index contributed by atoms with van der Waals surface area (Å²) in [6.07, 6.45) is 0. The van der Waals surface area contributed by atoms with Crippen LogP contribution in [0.2, 0.25) is 0 Å². The highest BCUT2D eigenvalue weighted by molar-refractivity contribution is 5.99. The van der Waals surface area contributed by atoms with Crippen molar-refractivity contribution in [2.24, 2.45) is 5.10 Å². The Bertz CT molecular complexity index is 1030. The molecule has 1 heterocycles. The quantitative estimate of drug-likeness (QED) is 0.572. The van der Waals surface area contributed by atoms with Crippen LogP contribution in [0.5, 0.6) is 11.5 Å². The van der Waals surface area contributed by atoms with Crippen molar-refractivity contribution >= 4 is 16.5 Å². The van der Waals surface area contributed by atoms with E-state index in [1.165, 1.54) is 16.3 Å². The molecule has 5 nitrogen and oxygen atoms in total. The van der Waals surface area contributed by atoms with E-state index >= 15 is 0 Å². The van der Waals surface area contributed by atoms with Gasteiger partial charge in [0, 0.05) is 38.3 Å². The third-order valence-electron chi connectivity index (χ3n) is 5.72. The fourth-order valence-corrected chi connectivity index (χ4v) is 4.00. The molecule has 3 aromatic carbocycles. The van der Waals surface area contributed by atoms with Gasteiger partial charge >= 0.3 is 0 Å². The smallest absolute Gasteiger partial charge is 0.161 e. The molecule has 30 heavy (non-hydrogen) atoms. The Morgan fingerprint density at radius 3 is 2.37 bits per heavy atom. The lowest BCUT2D eigenvalue weighted by Gasteiger charge is -2.33. The van der Waals surface area contributed by atoms with Crippen molar-refractivity contribution in [3.8, 4) is 11.5 Å². The van der Waals surface area contributed by atoms with Crippen LogP contribution in [-0.4, -0.2) is 56.0 Å². The normalized spacial score (nSPS) is 15.4. The number of methoxy groups -OCH3 is 2. The van der Waals surface area contributed by atoms with Gasteiger partial charge in [-0.25, -0.2) is 0 Å². The van der Waals surface area contributed by atoms with E-state index in [0.29, 0.717) is 0 Å². The monoisotopic (exact) mass is 403 g/mol. The first-order valence-electron chi connectivity index (χ1n) is 10.4. The second kappa shape index (κ2) is 9.18. The van der Waals surface area contributed by atoms with Crippen LogP contribution in [0.25, 0.3) is 10.8 Å². The van der Waals surface area contributed by atoms with Crippen molar-refractivity contribution in [2.75, 3.05) is 40.4 Å². The molecule has 0 radical (unpaired) electrons. The van der Waals surface area contributed by atoms with Crippen LogP contribution in [0.1, 0.15) is 18.1 Å². The van der Waals surface area contributed by atoms with Crippen LogP contribution in [0.15, 0.2) is 65.8 Å². The first-order chi connectivity index (χ1) is 14.7. The zero-order chi connectivity index (χ0) is 20.9. The van der Waals surface area contributed by atoms with E-state index in [1.807, 2.05) is 25.1 Å². The lowest BCUT2D eigenvalue weighted by atomic mass is 10.0. The largest absolute Gasteiger partial charge is 0.493 e. The number of fused-ring (bicyclic) bond motifs is 1. The molecule has 0 aliphatic carbocycles. The molecule has 156 valence electrons. The van der Waals surface area contributed by atoms with Gasteiger partial charge in [0.05, 0.1) is 19.9 Å². The Labute approximate surface area is 178 Å². The molecule has 0 aromatic heterocycles. The van der Waals surface area contributed by atoms with E-state index in [2.05, 4.69) is 52.4 Å². The highest BCUT2D eigenvalue weighted by atomic mass is 16.5. The van der Waals surface area contributed by atoms with Crippen molar-refractivity contribution in [1.29, 1.82) is 0 Å². The van der Waals surface area contributed by atoms with Gasteiger partial charge in [-0.3, -0.25) is 9.91 Å². The van der Waals surface area contributed by atoms with E-state index in [4.69, 9.17) is 14.6 Å². The van der Waals surface area contributed by atoms with Crippen molar-refractivity contribution in [1.82, 2.24) is 9.91 Å². The zero-order valence-electron chi connectivity index (χ0n) is 18.0. The van der Waals surface area contributed by atoms with Crippen molar-refractivity contribution in [3.63, 3.8) is 0 Å². The van der Waals surface area contributed by atoms with Crippen LogP contribution >= 0.6 is 0 Å². The van der Waals surface area contributed by atoms with Crippen LogP contribution in [0.3, 0.4) is 0 Å². The standard InChI is InChI=1S/C25H29N3O2/c1-19(21-11-12-24(29-2)25(17-21)30-3)26-28-15-13-27(14-16-28)18-22-9-6-8-20-7-4-5-10-23(20)22/h4-12,17H,13-16,18H2,1-3H3. The molecule has 3 aromatic rings. The van der Waals surface area contributed by atoms with Crippen molar-refractivity contribution in [3.05, 3.63) is 71.8 Å². The summed E-state index contributed by atoms with van der Waals surface area (Å²) in [5.41, 5.74) is 3.43. The molecule has 1 aliphatic rings. The predicted octanol–water partition coefficient (Wildman–Crippen LogP) is 4.40. The lowest BCUT2D eigenvalue weighted by Crippen LogP contribution is -2.43. The van der Waals surface area contributed by atoms with E-state index < -0.39 is 0 Å². The van der Waals surface area contributed by atoms with Gasteiger partial charge in [0.2, 0.25) is 0 Å². The molecule has 5 heteroatoms. The Hall–Kier alpha value is -3.05. The van der Waals surface area contributed by atoms with Crippen LogP contribution in [0.4, 0.5) is 0 Å². The van der Waals surface area contributed by atoms with Gasteiger partial charge in [-0.1, -0.05) is 42.5 Å². The van der Waals surface area contributed by atoms with E-state index in [9.17, 15) is 0 Å². The van der Waals surface area contributed by atoms with Gasteiger partial charge in [-0.15, -0.1) is 0 Å². The molecule has 0 N–H and O–H groups in total. The zero-order valence-corrected chi connectivity index (χ0v) is 18.0. The third kappa shape index (κ3) is 4.41. The minimum atomic E-state index is 0.726. The molecular formula is C25H29N3O2. The Morgan fingerprint density at radius 2 is 1.60 bits per heavy atom. The highest BCUT2D eigenvalue weighted by Gasteiger charge is 2.17. The number of hydrogen-bond acceptors (Lipinski definition) is 5. The number of hydrazone groups is 1. The van der Waals surface area contributed by atoms with Gasteiger partial charge in [-0.2, -0.15) is 5.10 Å². The third-order valence-corrected chi connectivity index (χ3v) is 5.72. The Kier molecular flexibility index (Phi) is 6.19. The van der Waals surface area contributed by atoms with Gasteiger partial charge in [0.1, 0.15) is 0 Å². The summed E-state index contributed by atoms with van der Waals surface area (Å²) in [5.74, 6) is 1.46. The number of hydrogen-bond donors (Lipinski definition) is 0. The fraction of sp³-hybridized carbons (Fsp3) is 0.320. The van der Waals surface area contributed by atoms with Gasteiger partial charge in [0.15, 0.2) is 11.5 Å². The summed E-state index contributed by atoms with van der Waals surface area (Å²) in [7, 11) is 3.31. The van der Waals surface area contributed by atoms with Crippen LogP contribution < -0.4 is 9.47 Å². The summed E-state index contributed by atoms with van der Waals surface area (Å²) in [6, 6.07) is 21.1. The number of ether oxygens (including phenoxy) is 2.